The lowest BCUT2D eigenvalue weighted by Gasteiger charge is -2.35. The minimum Gasteiger partial charge on any atom is -0.339 e. The first-order chi connectivity index (χ1) is 10.3. The molecule has 2 atom stereocenters. The Kier molecular flexibility index (Phi) is 3.30. The molecule has 0 amide bonds. The summed E-state index contributed by atoms with van der Waals surface area (Å²) >= 11 is 0. The van der Waals surface area contributed by atoms with Gasteiger partial charge in [0.2, 0.25) is 5.95 Å². The molecule has 2 aromatic heterocycles. The van der Waals surface area contributed by atoms with Crippen LogP contribution in [0.25, 0.3) is 5.65 Å². The van der Waals surface area contributed by atoms with Crippen molar-refractivity contribution in [3.8, 4) is 0 Å². The predicted molar refractivity (Wildman–Crippen MR) is 83.7 cm³/mol. The molecule has 2 saturated heterocycles. The lowest BCUT2D eigenvalue weighted by Crippen LogP contribution is -2.44. The zero-order valence-corrected chi connectivity index (χ0v) is 12.6. The van der Waals surface area contributed by atoms with Gasteiger partial charge in [-0.1, -0.05) is 0 Å². The van der Waals surface area contributed by atoms with Crippen molar-refractivity contribution < 1.29 is 0 Å². The van der Waals surface area contributed by atoms with Gasteiger partial charge in [-0.05, 0) is 62.8 Å². The number of rotatable bonds is 2. The van der Waals surface area contributed by atoms with E-state index < -0.39 is 0 Å². The van der Waals surface area contributed by atoms with Gasteiger partial charge in [0.25, 0.3) is 0 Å². The van der Waals surface area contributed by atoms with Crippen LogP contribution in [0.1, 0.15) is 31.2 Å². The lowest BCUT2D eigenvalue weighted by molar-refractivity contribution is 0.327. The summed E-state index contributed by atoms with van der Waals surface area (Å²) in [6, 6.07) is 4.87. The molecule has 0 radical (unpaired) electrons. The molecule has 21 heavy (non-hydrogen) atoms. The fraction of sp³-hybridized carbons (Fsp3) is 0.625. The van der Waals surface area contributed by atoms with Crippen LogP contribution in [0.4, 0.5) is 5.95 Å². The summed E-state index contributed by atoms with van der Waals surface area (Å²) in [5, 5.41) is 8.31. The average molecular weight is 285 g/mol. The second-order valence-electron chi connectivity index (χ2n) is 6.47. The minimum absolute atomic E-state index is 0.701. The van der Waals surface area contributed by atoms with Gasteiger partial charge in [-0.25, -0.2) is 4.52 Å². The summed E-state index contributed by atoms with van der Waals surface area (Å²) in [7, 11) is 0. The molecule has 2 fully saturated rings. The van der Waals surface area contributed by atoms with Gasteiger partial charge in [-0.3, -0.25) is 0 Å². The molecule has 5 heteroatoms. The molecule has 0 aromatic carbocycles. The van der Waals surface area contributed by atoms with Crippen LogP contribution in [0.2, 0.25) is 0 Å². The van der Waals surface area contributed by atoms with Gasteiger partial charge in [0, 0.05) is 25.3 Å². The number of aromatic nitrogens is 3. The molecule has 0 aliphatic carbocycles. The first-order valence-corrected chi connectivity index (χ1v) is 8.11. The van der Waals surface area contributed by atoms with Crippen LogP contribution in [-0.2, 0) is 0 Å². The van der Waals surface area contributed by atoms with E-state index in [2.05, 4.69) is 34.4 Å². The Labute approximate surface area is 125 Å². The second kappa shape index (κ2) is 5.30. The first-order valence-electron chi connectivity index (χ1n) is 8.11. The van der Waals surface area contributed by atoms with Crippen molar-refractivity contribution >= 4 is 11.6 Å². The van der Waals surface area contributed by atoms with E-state index in [-0.39, 0.29) is 0 Å². The highest BCUT2D eigenvalue weighted by Gasteiger charge is 2.30. The van der Waals surface area contributed by atoms with E-state index in [4.69, 9.17) is 4.98 Å². The standard InChI is InChI=1S/C16H23N5/c1-12-6-9-21-15(10-12)18-16(19-21)20-8-3-4-13(11-20)14-5-2-7-17-14/h6,9-10,13-14,17H,2-5,7-8,11H2,1H3. The third-order valence-electron chi connectivity index (χ3n) is 4.89. The number of aryl methyl sites for hydroxylation is 1. The summed E-state index contributed by atoms with van der Waals surface area (Å²) in [5.74, 6) is 1.64. The summed E-state index contributed by atoms with van der Waals surface area (Å²) in [4.78, 5) is 7.09. The monoisotopic (exact) mass is 285 g/mol. The van der Waals surface area contributed by atoms with E-state index in [1.165, 1.54) is 37.8 Å². The Morgan fingerprint density at radius 1 is 1.29 bits per heavy atom. The van der Waals surface area contributed by atoms with Gasteiger partial charge >= 0.3 is 0 Å². The molecule has 0 spiro atoms. The van der Waals surface area contributed by atoms with E-state index in [1.54, 1.807) is 0 Å². The highest BCUT2D eigenvalue weighted by atomic mass is 15.4. The largest absolute Gasteiger partial charge is 0.339 e. The van der Waals surface area contributed by atoms with Crippen molar-refractivity contribution in [2.45, 2.75) is 38.6 Å². The molecule has 4 heterocycles. The molecule has 2 aliphatic rings. The van der Waals surface area contributed by atoms with Crippen LogP contribution in [0.15, 0.2) is 18.3 Å². The molecular formula is C16H23N5. The summed E-state index contributed by atoms with van der Waals surface area (Å²) < 4.78 is 1.89. The fourth-order valence-electron chi connectivity index (χ4n) is 3.74. The maximum Gasteiger partial charge on any atom is 0.245 e. The summed E-state index contributed by atoms with van der Waals surface area (Å²) in [6.07, 6.45) is 7.24. The molecule has 112 valence electrons. The fourth-order valence-corrected chi connectivity index (χ4v) is 3.74. The van der Waals surface area contributed by atoms with Crippen LogP contribution in [0.5, 0.6) is 0 Å². The second-order valence-corrected chi connectivity index (χ2v) is 6.47. The van der Waals surface area contributed by atoms with Crippen molar-refractivity contribution in [1.82, 2.24) is 19.9 Å². The van der Waals surface area contributed by atoms with Crippen molar-refractivity contribution in [3.63, 3.8) is 0 Å². The van der Waals surface area contributed by atoms with Crippen LogP contribution < -0.4 is 10.2 Å². The molecular weight excluding hydrogens is 262 g/mol. The van der Waals surface area contributed by atoms with Crippen molar-refractivity contribution in [1.29, 1.82) is 0 Å². The molecule has 2 unspecified atom stereocenters. The normalized spacial score (nSPS) is 26.6. The van der Waals surface area contributed by atoms with E-state index in [9.17, 15) is 0 Å². The number of piperidine rings is 1. The molecule has 0 saturated carbocycles. The zero-order valence-electron chi connectivity index (χ0n) is 12.6. The molecule has 2 aromatic rings. The van der Waals surface area contributed by atoms with Gasteiger partial charge in [-0.15, -0.1) is 5.10 Å². The highest BCUT2D eigenvalue weighted by Crippen LogP contribution is 2.27. The number of anilines is 1. The molecule has 2 aliphatic heterocycles. The van der Waals surface area contributed by atoms with Crippen LogP contribution in [0.3, 0.4) is 0 Å². The van der Waals surface area contributed by atoms with Crippen molar-refractivity contribution in [3.05, 3.63) is 23.9 Å². The third kappa shape index (κ3) is 2.50. The van der Waals surface area contributed by atoms with Gasteiger partial charge in [0.15, 0.2) is 5.65 Å². The zero-order chi connectivity index (χ0) is 14.2. The molecule has 4 rings (SSSR count). The highest BCUT2D eigenvalue weighted by molar-refractivity contribution is 5.46. The van der Waals surface area contributed by atoms with E-state index in [0.717, 1.165) is 30.6 Å². The number of pyridine rings is 1. The Hall–Kier alpha value is -1.62. The molecule has 5 nitrogen and oxygen atoms in total. The number of nitrogens with one attached hydrogen (secondary N) is 1. The maximum atomic E-state index is 4.72. The Morgan fingerprint density at radius 3 is 3.10 bits per heavy atom. The maximum absolute atomic E-state index is 4.72. The van der Waals surface area contributed by atoms with E-state index in [1.807, 2.05) is 10.7 Å². The van der Waals surface area contributed by atoms with Gasteiger partial charge in [-0.2, -0.15) is 4.98 Å². The average Bonchev–Trinajstić information content (AvgIpc) is 3.16. The third-order valence-corrected chi connectivity index (χ3v) is 4.89. The number of hydrogen-bond donors (Lipinski definition) is 1. The Balaban J connectivity index is 1.56. The van der Waals surface area contributed by atoms with Gasteiger partial charge < -0.3 is 10.2 Å². The number of hydrogen-bond acceptors (Lipinski definition) is 4. The van der Waals surface area contributed by atoms with Crippen molar-refractivity contribution in [2.24, 2.45) is 5.92 Å². The van der Waals surface area contributed by atoms with Crippen LogP contribution in [-0.4, -0.2) is 40.3 Å². The Bertz CT molecular complexity index is 629. The summed E-state index contributed by atoms with van der Waals surface area (Å²) in [6.45, 7) is 5.46. The van der Waals surface area contributed by atoms with Crippen molar-refractivity contribution in [2.75, 3.05) is 24.5 Å². The minimum atomic E-state index is 0.701. The predicted octanol–water partition coefficient (Wildman–Crippen LogP) is 2.01. The van der Waals surface area contributed by atoms with Crippen LogP contribution in [0, 0.1) is 12.8 Å². The topological polar surface area (TPSA) is 45.5 Å². The molecule has 0 bridgehead atoms. The van der Waals surface area contributed by atoms with E-state index >= 15 is 0 Å². The van der Waals surface area contributed by atoms with Gasteiger partial charge in [0.1, 0.15) is 0 Å². The summed E-state index contributed by atoms with van der Waals surface area (Å²) in [5.41, 5.74) is 2.18. The quantitative estimate of drug-likeness (QED) is 0.917. The SMILES string of the molecule is Cc1ccn2nc(N3CCCC(C4CCCN4)C3)nc2c1. The van der Waals surface area contributed by atoms with Gasteiger partial charge in [0.05, 0.1) is 0 Å². The lowest BCUT2D eigenvalue weighted by atomic mass is 9.90. The number of nitrogens with zero attached hydrogens (tertiary/aromatic N) is 4. The number of fused-ring (bicyclic) bond motifs is 1. The molecule has 1 N–H and O–H groups in total. The smallest absolute Gasteiger partial charge is 0.245 e. The Morgan fingerprint density at radius 2 is 2.24 bits per heavy atom. The van der Waals surface area contributed by atoms with E-state index in [0.29, 0.717) is 6.04 Å². The first kappa shape index (κ1) is 13.1. The van der Waals surface area contributed by atoms with Crippen LogP contribution >= 0.6 is 0 Å².